The van der Waals surface area contributed by atoms with Crippen molar-refractivity contribution in [3.63, 3.8) is 0 Å². The summed E-state index contributed by atoms with van der Waals surface area (Å²) < 4.78 is 5.49. The topological polar surface area (TPSA) is 173 Å². The van der Waals surface area contributed by atoms with E-state index < -0.39 is 29.9 Å². The number of hydrogen-bond acceptors (Lipinski definition) is 7. The highest BCUT2D eigenvalue weighted by molar-refractivity contribution is 5.90. The number of amides is 3. The van der Waals surface area contributed by atoms with E-state index in [1.807, 2.05) is 12.1 Å². The third kappa shape index (κ3) is 10.4. The summed E-state index contributed by atoms with van der Waals surface area (Å²) in [7, 11) is 0. The third-order valence-corrected chi connectivity index (χ3v) is 4.54. The summed E-state index contributed by atoms with van der Waals surface area (Å²) in [6.07, 6.45) is 1.22. The number of anilines is 1. The van der Waals surface area contributed by atoms with E-state index >= 15 is 0 Å². The standard InChI is InChI=1S/C23H29N5O6/c24-19(29)10-11-20(30)28-22(23(33)26-14-12-16-4-1-2-13-25-16)27-17-6-8-18(9-7-17)34-15-3-5-21(31)32/h1-2,4,6-9,13,22,27H,3,5,10-12,14-15H2,(H2,24,29)(H,26,33)(H,28,30)(H,31,32). The largest absolute Gasteiger partial charge is 0.494 e. The highest BCUT2D eigenvalue weighted by Gasteiger charge is 2.20. The van der Waals surface area contributed by atoms with E-state index in [0.717, 1.165) is 5.69 Å². The first-order valence-electron chi connectivity index (χ1n) is 10.8. The molecule has 3 amide bonds. The van der Waals surface area contributed by atoms with Crippen LogP contribution in [0, 0.1) is 0 Å². The molecule has 1 atom stereocenters. The van der Waals surface area contributed by atoms with Gasteiger partial charge in [-0.3, -0.25) is 24.2 Å². The number of nitrogens with two attached hydrogens (primary N) is 1. The van der Waals surface area contributed by atoms with Crippen LogP contribution in [0.15, 0.2) is 48.7 Å². The summed E-state index contributed by atoms with van der Waals surface area (Å²) >= 11 is 0. The molecular weight excluding hydrogens is 442 g/mol. The fourth-order valence-electron chi connectivity index (χ4n) is 2.83. The Morgan fingerprint density at radius 2 is 1.79 bits per heavy atom. The maximum Gasteiger partial charge on any atom is 0.303 e. The molecule has 34 heavy (non-hydrogen) atoms. The molecule has 0 bridgehead atoms. The second kappa shape index (κ2) is 14.1. The zero-order valence-corrected chi connectivity index (χ0v) is 18.7. The zero-order chi connectivity index (χ0) is 24.8. The molecule has 1 aromatic heterocycles. The van der Waals surface area contributed by atoms with Gasteiger partial charge in [0.2, 0.25) is 11.8 Å². The Kier molecular flexibility index (Phi) is 10.8. The number of nitrogens with one attached hydrogen (secondary N) is 3. The number of benzene rings is 1. The number of carbonyl (C=O) groups excluding carboxylic acids is 3. The van der Waals surface area contributed by atoms with Crippen molar-refractivity contribution in [2.45, 2.75) is 38.3 Å². The van der Waals surface area contributed by atoms with Gasteiger partial charge in [0.1, 0.15) is 5.75 Å². The molecule has 1 unspecified atom stereocenters. The van der Waals surface area contributed by atoms with Crippen molar-refractivity contribution >= 4 is 29.4 Å². The molecule has 6 N–H and O–H groups in total. The monoisotopic (exact) mass is 471 g/mol. The SMILES string of the molecule is NC(=O)CCC(=O)NC(Nc1ccc(OCCCC(=O)O)cc1)C(=O)NCCc1ccccn1. The van der Waals surface area contributed by atoms with Gasteiger partial charge in [0.25, 0.3) is 5.91 Å². The Labute approximate surface area is 197 Å². The molecule has 0 aliphatic heterocycles. The quantitative estimate of drug-likeness (QED) is 0.187. The summed E-state index contributed by atoms with van der Waals surface area (Å²) in [6.45, 7) is 0.574. The highest BCUT2D eigenvalue weighted by Crippen LogP contribution is 2.16. The Morgan fingerprint density at radius 3 is 2.44 bits per heavy atom. The molecule has 0 aliphatic rings. The summed E-state index contributed by atoms with van der Waals surface area (Å²) in [4.78, 5) is 50.6. The lowest BCUT2D eigenvalue weighted by molar-refractivity contribution is -0.137. The molecule has 11 nitrogen and oxygen atoms in total. The minimum absolute atomic E-state index is 0.0201. The van der Waals surface area contributed by atoms with Gasteiger partial charge in [0.15, 0.2) is 6.17 Å². The van der Waals surface area contributed by atoms with Gasteiger partial charge < -0.3 is 31.5 Å². The van der Waals surface area contributed by atoms with E-state index in [9.17, 15) is 19.2 Å². The third-order valence-electron chi connectivity index (χ3n) is 4.54. The molecule has 1 aromatic carbocycles. The van der Waals surface area contributed by atoms with Crippen LogP contribution in [0.4, 0.5) is 5.69 Å². The van der Waals surface area contributed by atoms with Crippen LogP contribution in [0.2, 0.25) is 0 Å². The second-order valence-corrected chi connectivity index (χ2v) is 7.34. The Bertz CT molecular complexity index is 952. The summed E-state index contributed by atoms with van der Waals surface area (Å²) in [5, 5.41) is 16.9. The summed E-state index contributed by atoms with van der Waals surface area (Å²) in [5.74, 6) is -1.92. The lowest BCUT2D eigenvalue weighted by Crippen LogP contribution is -2.51. The molecule has 2 aromatic rings. The van der Waals surface area contributed by atoms with E-state index in [4.69, 9.17) is 15.6 Å². The highest BCUT2D eigenvalue weighted by atomic mass is 16.5. The van der Waals surface area contributed by atoms with E-state index in [0.29, 0.717) is 30.8 Å². The van der Waals surface area contributed by atoms with Gasteiger partial charge in [-0.1, -0.05) is 6.07 Å². The van der Waals surface area contributed by atoms with Gasteiger partial charge in [-0.25, -0.2) is 0 Å². The zero-order valence-electron chi connectivity index (χ0n) is 18.7. The van der Waals surface area contributed by atoms with Crippen LogP contribution in [0.1, 0.15) is 31.4 Å². The normalized spacial score (nSPS) is 11.2. The maximum atomic E-state index is 12.7. The molecule has 0 radical (unpaired) electrons. The van der Waals surface area contributed by atoms with Crippen LogP contribution < -0.4 is 26.4 Å². The van der Waals surface area contributed by atoms with Crippen molar-refractivity contribution in [2.75, 3.05) is 18.5 Å². The summed E-state index contributed by atoms with van der Waals surface area (Å²) in [5.41, 5.74) is 6.44. The maximum absolute atomic E-state index is 12.7. The lowest BCUT2D eigenvalue weighted by atomic mass is 10.2. The van der Waals surface area contributed by atoms with Gasteiger partial charge in [-0.2, -0.15) is 0 Å². The number of rotatable bonds is 15. The molecule has 0 aliphatic carbocycles. The summed E-state index contributed by atoms with van der Waals surface area (Å²) in [6, 6.07) is 12.1. The number of ether oxygens (including phenoxy) is 1. The van der Waals surface area contributed by atoms with Crippen molar-refractivity contribution in [3.05, 3.63) is 54.4 Å². The number of pyridine rings is 1. The minimum Gasteiger partial charge on any atom is -0.494 e. The van der Waals surface area contributed by atoms with Crippen LogP contribution in [-0.4, -0.2) is 53.1 Å². The van der Waals surface area contributed by atoms with Crippen LogP contribution >= 0.6 is 0 Å². The first-order valence-corrected chi connectivity index (χ1v) is 10.8. The van der Waals surface area contributed by atoms with E-state index in [2.05, 4.69) is 20.9 Å². The fourth-order valence-corrected chi connectivity index (χ4v) is 2.83. The van der Waals surface area contributed by atoms with Crippen molar-refractivity contribution in [2.24, 2.45) is 5.73 Å². The molecule has 0 fully saturated rings. The van der Waals surface area contributed by atoms with Gasteiger partial charge in [0.05, 0.1) is 6.61 Å². The van der Waals surface area contributed by atoms with Crippen molar-refractivity contribution < 1.29 is 29.0 Å². The van der Waals surface area contributed by atoms with E-state index in [-0.39, 0.29) is 25.9 Å². The number of aliphatic carboxylic acids is 1. The Morgan fingerprint density at radius 1 is 1.03 bits per heavy atom. The van der Waals surface area contributed by atoms with Crippen LogP contribution in [0.5, 0.6) is 5.75 Å². The molecule has 182 valence electrons. The first kappa shape index (κ1) is 26.1. The predicted molar refractivity (Wildman–Crippen MR) is 124 cm³/mol. The molecule has 11 heteroatoms. The smallest absolute Gasteiger partial charge is 0.303 e. The van der Waals surface area contributed by atoms with Gasteiger partial charge >= 0.3 is 5.97 Å². The number of hydrogen-bond donors (Lipinski definition) is 5. The fraction of sp³-hybridized carbons (Fsp3) is 0.348. The number of aromatic nitrogens is 1. The van der Waals surface area contributed by atoms with Crippen LogP contribution in [0.3, 0.4) is 0 Å². The second-order valence-electron chi connectivity index (χ2n) is 7.34. The Balaban J connectivity index is 1.94. The molecular formula is C23H29N5O6. The van der Waals surface area contributed by atoms with Crippen LogP contribution in [0.25, 0.3) is 0 Å². The van der Waals surface area contributed by atoms with E-state index in [1.54, 1.807) is 36.5 Å². The van der Waals surface area contributed by atoms with Crippen molar-refractivity contribution in [1.29, 1.82) is 0 Å². The molecule has 0 saturated carbocycles. The lowest BCUT2D eigenvalue weighted by Gasteiger charge is -2.21. The average molecular weight is 472 g/mol. The number of primary amides is 1. The van der Waals surface area contributed by atoms with Gasteiger partial charge in [-0.05, 0) is 42.8 Å². The van der Waals surface area contributed by atoms with Crippen molar-refractivity contribution in [3.8, 4) is 5.75 Å². The van der Waals surface area contributed by atoms with Crippen molar-refractivity contribution in [1.82, 2.24) is 15.6 Å². The van der Waals surface area contributed by atoms with Crippen LogP contribution in [-0.2, 0) is 25.6 Å². The predicted octanol–water partition coefficient (Wildman–Crippen LogP) is 0.804. The van der Waals surface area contributed by atoms with Gasteiger partial charge in [0, 0.05) is 49.8 Å². The van der Waals surface area contributed by atoms with E-state index in [1.165, 1.54) is 0 Å². The number of carboxylic acid groups (broad SMARTS) is 1. The average Bonchev–Trinajstić information content (AvgIpc) is 2.81. The minimum atomic E-state index is -1.09. The molecule has 1 heterocycles. The Hall–Kier alpha value is -4.15. The van der Waals surface area contributed by atoms with Gasteiger partial charge in [-0.15, -0.1) is 0 Å². The molecule has 0 spiro atoms. The molecule has 0 saturated heterocycles. The number of nitrogens with zero attached hydrogens (tertiary/aromatic N) is 1. The molecule has 2 rings (SSSR count). The number of carbonyl (C=O) groups is 4. The first-order chi connectivity index (χ1) is 16.3. The number of carboxylic acids is 1.